The molecule has 0 bridgehead atoms. The molecule has 0 saturated carbocycles. The van der Waals surface area contributed by atoms with Crippen LogP contribution in [0.25, 0.3) is 0 Å². The highest BCUT2D eigenvalue weighted by Gasteiger charge is 2.34. The summed E-state index contributed by atoms with van der Waals surface area (Å²) in [4.78, 5) is 13.4. The number of hydrogen-bond acceptors (Lipinski definition) is 2. The molecule has 1 unspecified atom stereocenters. The van der Waals surface area contributed by atoms with Crippen LogP contribution in [0.1, 0.15) is 33.6 Å². The fourth-order valence-corrected chi connectivity index (χ4v) is 2.29. The smallest absolute Gasteiger partial charge is 0.311 e. The number of benzene rings is 1. The van der Waals surface area contributed by atoms with Crippen molar-refractivity contribution in [1.82, 2.24) is 0 Å². The predicted octanol–water partition coefficient (Wildman–Crippen LogP) is 3.54. The maximum absolute atomic E-state index is 13.3. The highest BCUT2D eigenvalue weighted by Crippen LogP contribution is 2.28. The van der Waals surface area contributed by atoms with Gasteiger partial charge in [-0.25, -0.2) is 4.39 Å². The third-order valence-electron chi connectivity index (χ3n) is 3.41. The first-order chi connectivity index (χ1) is 8.92. The van der Waals surface area contributed by atoms with Crippen LogP contribution in [0.15, 0.2) is 24.3 Å². The molecule has 19 heavy (non-hydrogen) atoms. The summed E-state index contributed by atoms with van der Waals surface area (Å²) in [5.74, 6) is -1.10. The zero-order chi connectivity index (χ0) is 14.5. The Kier molecular flexibility index (Phi) is 5.33. The summed E-state index contributed by atoms with van der Waals surface area (Å²) in [6.07, 6.45) is 1.41. The van der Waals surface area contributed by atoms with Crippen molar-refractivity contribution < 1.29 is 14.3 Å². The quantitative estimate of drug-likeness (QED) is 0.821. The molecule has 0 aromatic heterocycles. The number of aliphatic carboxylic acids is 1. The van der Waals surface area contributed by atoms with E-state index < -0.39 is 11.4 Å². The van der Waals surface area contributed by atoms with E-state index in [1.54, 1.807) is 19.1 Å². The van der Waals surface area contributed by atoms with Gasteiger partial charge in [0.2, 0.25) is 0 Å². The van der Waals surface area contributed by atoms with Gasteiger partial charge in [0, 0.05) is 18.8 Å². The van der Waals surface area contributed by atoms with Crippen LogP contribution in [0.2, 0.25) is 0 Å². The van der Waals surface area contributed by atoms with Gasteiger partial charge in [0.25, 0.3) is 0 Å². The van der Waals surface area contributed by atoms with E-state index in [0.717, 1.165) is 12.1 Å². The molecule has 3 nitrogen and oxygen atoms in total. The second-order valence-corrected chi connectivity index (χ2v) is 5.11. The molecular weight excluding hydrogens is 245 g/mol. The summed E-state index contributed by atoms with van der Waals surface area (Å²) in [7, 11) is 0. The van der Waals surface area contributed by atoms with Gasteiger partial charge in [0.1, 0.15) is 5.82 Å². The van der Waals surface area contributed by atoms with Crippen molar-refractivity contribution in [2.45, 2.75) is 33.6 Å². The molecule has 106 valence electrons. The first-order valence-electron chi connectivity index (χ1n) is 6.67. The van der Waals surface area contributed by atoms with Crippen LogP contribution in [0, 0.1) is 11.2 Å². The van der Waals surface area contributed by atoms with Crippen molar-refractivity contribution in [2.24, 2.45) is 5.41 Å². The first kappa shape index (κ1) is 15.5. The van der Waals surface area contributed by atoms with E-state index in [2.05, 4.69) is 0 Å². The molecule has 1 rings (SSSR count). The molecule has 0 radical (unpaired) electrons. The Hall–Kier alpha value is -1.58. The molecule has 0 amide bonds. The molecule has 0 heterocycles. The fourth-order valence-electron chi connectivity index (χ4n) is 2.29. The van der Waals surface area contributed by atoms with Crippen LogP contribution in [0.5, 0.6) is 0 Å². The van der Waals surface area contributed by atoms with E-state index in [9.17, 15) is 14.3 Å². The molecule has 1 N–H and O–H groups in total. The van der Waals surface area contributed by atoms with Crippen molar-refractivity contribution >= 4 is 11.7 Å². The third-order valence-corrected chi connectivity index (χ3v) is 3.41. The Bertz CT molecular complexity index is 436. The number of carboxylic acid groups (broad SMARTS) is 1. The Morgan fingerprint density at radius 3 is 2.58 bits per heavy atom. The van der Waals surface area contributed by atoms with Crippen LogP contribution in [0.4, 0.5) is 10.1 Å². The fraction of sp³-hybridized carbons (Fsp3) is 0.533. The standard InChI is InChI=1S/C15H22FNO2/c1-4-9-15(3,14(18)19)11-17(5-2)13-8-6-7-12(16)10-13/h6-8,10H,4-5,9,11H2,1-3H3,(H,18,19). The average Bonchev–Trinajstić information content (AvgIpc) is 2.36. The van der Waals surface area contributed by atoms with Gasteiger partial charge >= 0.3 is 5.97 Å². The van der Waals surface area contributed by atoms with Crippen molar-refractivity contribution in [1.29, 1.82) is 0 Å². The van der Waals surface area contributed by atoms with Gasteiger partial charge < -0.3 is 10.0 Å². The first-order valence-corrected chi connectivity index (χ1v) is 6.67. The van der Waals surface area contributed by atoms with E-state index in [-0.39, 0.29) is 5.82 Å². The molecule has 0 spiro atoms. The Morgan fingerprint density at radius 1 is 1.42 bits per heavy atom. The summed E-state index contributed by atoms with van der Waals surface area (Å²) in [5, 5.41) is 9.41. The molecule has 1 atom stereocenters. The van der Waals surface area contributed by atoms with E-state index in [4.69, 9.17) is 0 Å². The lowest BCUT2D eigenvalue weighted by atomic mass is 9.85. The monoisotopic (exact) mass is 267 g/mol. The average molecular weight is 267 g/mol. The highest BCUT2D eigenvalue weighted by atomic mass is 19.1. The molecule has 0 saturated heterocycles. The lowest BCUT2D eigenvalue weighted by molar-refractivity contribution is -0.147. The van der Waals surface area contributed by atoms with E-state index in [1.807, 2.05) is 18.7 Å². The van der Waals surface area contributed by atoms with Crippen molar-refractivity contribution in [3.63, 3.8) is 0 Å². The minimum atomic E-state index is -0.808. The Balaban J connectivity index is 2.95. The number of hydrogen-bond donors (Lipinski definition) is 1. The van der Waals surface area contributed by atoms with Gasteiger partial charge in [-0.15, -0.1) is 0 Å². The molecule has 1 aromatic rings. The maximum atomic E-state index is 13.3. The van der Waals surface area contributed by atoms with Gasteiger partial charge in [0.05, 0.1) is 5.41 Å². The Morgan fingerprint density at radius 2 is 2.11 bits per heavy atom. The molecule has 0 aliphatic heterocycles. The van der Waals surface area contributed by atoms with Crippen LogP contribution < -0.4 is 4.90 Å². The van der Waals surface area contributed by atoms with Gasteiger partial charge in [0.15, 0.2) is 0 Å². The van der Waals surface area contributed by atoms with Gasteiger partial charge in [-0.2, -0.15) is 0 Å². The normalized spacial score (nSPS) is 13.9. The Labute approximate surface area is 114 Å². The number of halogens is 1. The molecule has 0 fully saturated rings. The van der Waals surface area contributed by atoms with Gasteiger partial charge in [-0.1, -0.05) is 19.4 Å². The SMILES string of the molecule is CCCC(C)(CN(CC)c1cccc(F)c1)C(=O)O. The van der Waals surface area contributed by atoms with E-state index in [1.165, 1.54) is 12.1 Å². The predicted molar refractivity (Wildman–Crippen MR) is 74.9 cm³/mol. The van der Waals surface area contributed by atoms with Crippen molar-refractivity contribution in [3.8, 4) is 0 Å². The molecular formula is C15H22FNO2. The minimum Gasteiger partial charge on any atom is -0.481 e. The van der Waals surface area contributed by atoms with E-state index >= 15 is 0 Å². The zero-order valence-electron chi connectivity index (χ0n) is 11.8. The number of carboxylic acids is 1. The largest absolute Gasteiger partial charge is 0.481 e. The second-order valence-electron chi connectivity index (χ2n) is 5.11. The summed E-state index contributed by atoms with van der Waals surface area (Å²) in [6.45, 7) is 6.70. The summed E-state index contributed by atoms with van der Waals surface area (Å²) in [6, 6.07) is 6.28. The molecule has 4 heteroatoms. The number of anilines is 1. The zero-order valence-corrected chi connectivity index (χ0v) is 11.8. The van der Waals surface area contributed by atoms with Gasteiger partial charge in [-0.3, -0.25) is 4.79 Å². The minimum absolute atomic E-state index is 0.302. The summed E-state index contributed by atoms with van der Waals surface area (Å²) >= 11 is 0. The topological polar surface area (TPSA) is 40.5 Å². The van der Waals surface area contributed by atoms with Gasteiger partial charge in [-0.05, 0) is 38.5 Å². The summed E-state index contributed by atoms with van der Waals surface area (Å²) in [5.41, 5.74) is -0.0806. The van der Waals surface area contributed by atoms with E-state index in [0.29, 0.717) is 19.5 Å². The second kappa shape index (κ2) is 6.55. The van der Waals surface area contributed by atoms with Crippen LogP contribution >= 0.6 is 0 Å². The maximum Gasteiger partial charge on any atom is 0.311 e. The molecule has 1 aromatic carbocycles. The number of carbonyl (C=O) groups is 1. The molecule has 0 aliphatic carbocycles. The number of nitrogens with zero attached hydrogens (tertiary/aromatic N) is 1. The van der Waals surface area contributed by atoms with Crippen LogP contribution in [-0.2, 0) is 4.79 Å². The highest BCUT2D eigenvalue weighted by molar-refractivity contribution is 5.75. The van der Waals surface area contributed by atoms with Crippen LogP contribution in [0.3, 0.4) is 0 Å². The lowest BCUT2D eigenvalue weighted by Crippen LogP contribution is -2.41. The lowest BCUT2D eigenvalue weighted by Gasteiger charge is -2.33. The van der Waals surface area contributed by atoms with Crippen LogP contribution in [-0.4, -0.2) is 24.2 Å². The van der Waals surface area contributed by atoms with Crippen molar-refractivity contribution in [2.75, 3.05) is 18.0 Å². The third kappa shape index (κ3) is 3.94. The van der Waals surface area contributed by atoms with Crippen molar-refractivity contribution in [3.05, 3.63) is 30.1 Å². The summed E-state index contributed by atoms with van der Waals surface area (Å²) < 4.78 is 13.3. The number of rotatable bonds is 7. The molecule has 0 aliphatic rings.